The Morgan fingerprint density at radius 2 is 2.21 bits per heavy atom. The highest BCUT2D eigenvalue weighted by atomic mass is 16.2. The number of nitrogens with zero attached hydrogens (tertiary/aromatic N) is 1. The van der Waals surface area contributed by atoms with E-state index in [-0.39, 0.29) is 11.8 Å². The highest BCUT2D eigenvalue weighted by Gasteiger charge is 2.26. The van der Waals surface area contributed by atoms with E-state index in [9.17, 15) is 4.79 Å². The van der Waals surface area contributed by atoms with Crippen molar-refractivity contribution in [2.45, 2.75) is 13.3 Å². The molecular formula is C11H14N2O. The molecule has 0 saturated carbocycles. The van der Waals surface area contributed by atoms with E-state index >= 15 is 0 Å². The van der Waals surface area contributed by atoms with Crippen molar-refractivity contribution < 1.29 is 4.79 Å². The number of amides is 1. The SMILES string of the molecule is CC1Cc2ccc(N)cc2N(C)C1=O. The number of rotatable bonds is 0. The minimum absolute atomic E-state index is 0.0797. The van der Waals surface area contributed by atoms with Crippen molar-refractivity contribution in [2.75, 3.05) is 17.7 Å². The number of hydrogen-bond acceptors (Lipinski definition) is 2. The average molecular weight is 190 g/mol. The van der Waals surface area contributed by atoms with Crippen LogP contribution < -0.4 is 10.6 Å². The van der Waals surface area contributed by atoms with Crippen LogP contribution in [0.2, 0.25) is 0 Å². The van der Waals surface area contributed by atoms with Crippen LogP contribution in [0.3, 0.4) is 0 Å². The lowest BCUT2D eigenvalue weighted by Crippen LogP contribution is -2.37. The van der Waals surface area contributed by atoms with Crippen molar-refractivity contribution in [3.63, 3.8) is 0 Å². The lowest BCUT2D eigenvalue weighted by Gasteiger charge is -2.29. The van der Waals surface area contributed by atoms with Crippen LogP contribution in [0, 0.1) is 5.92 Å². The fourth-order valence-electron chi connectivity index (χ4n) is 1.93. The van der Waals surface area contributed by atoms with Gasteiger partial charge < -0.3 is 10.6 Å². The number of benzene rings is 1. The van der Waals surface area contributed by atoms with Crippen LogP contribution in [-0.4, -0.2) is 13.0 Å². The molecule has 1 aromatic carbocycles. The monoisotopic (exact) mass is 190 g/mol. The molecule has 1 unspecified atom stereocenters. The van der Waals surface area contributed by atoms with Gasteiger partial charge in [0.1, 0.15) is 0 Å². The summed E-state index contributed by atoms with van der Waals surface area (Å²) in [6.45, 7) is 1.96. The van der Waals surface area contributed by atoms with Gasteiger partial charge in [-0.2, -0.15) is 0 Å². The van der Waals surface area contributed by atoms with Gasteiger partial charge in [0, 0.05) is 24.3 Å². The van der Waals surface area contributed by atoms with Crippen LogP contribution >= 0.6 is 0 Å². The molecule has 1 heterocycles. The normalized spacial score (nSPS) is 20.9. The first-order chi connectivity index (χ1) is 6.59. The van der Waals surface area contributed by atoms with Gasteiger partial charge in [0.25, 0.3) is 0 Å². The van der Waals surface area contributed by atoms with E-state index in [1.807, 2.05) is 25.1 Å². The molecule has 0 fully saturated rings. The summed E-state index contributed by atoms with van der Waals surface area (Å²) in [5, 5.41) is 0. The molecule has 0 aliphatic carbocycles. The second-order valence-corrected chi connectivity index (χ2v) is 3.89. The third kappa shape index (κ3) is 1.25. The van der Waals surface area contributed by atoms with Crippen LogP contribution in [-0.2, 0) is 11.2 Å². The summed E-state index contributed by atoms with van der Waals surface area (Å²) in [7, 11) is 1.80. The van der Waals surface area contributed by atoms with Gasteiger partial charge in [-0.3, -0.25) is 4.79 Å². The maximum Gasteiger partial charge on any atom is 0.229 e. The number of anilines is 2. The molecule has 0 aromatic heterocycles. The molecule has 3 heteroatoms. The summed E-state index contributed by atoms with van der Waals surface area (Å²) < 4.78 is 0. The van der Waals surface area contributed by atoms with E-state index < -0.39 is 0 Å². The van der Waals surface area contributed by atoms with E-state index in [2.05, 4.69) is 0 Å². The Hall–Kier alpha value is -1.51. The Morgan fingerprint density at radius 1 is 1.50 bits per heavy atom. The Morgan fingerprint density at radius 3 is 2.93 bits per heavy atom. The largest absolute Gasteiger partial charge is 0.399 e. The second kappa shape index (κ2) is 3.01. The number of nitrogens with two attached hydrogens (primary N) is 1. The number of fused-ring (bicyclic) bond motifs is 1. The number of hydrogen-bond donors (Lipinski definition) is 1. The molecule has 1 aliphatic rings. The zero-order chi connectivity index (χ0) is 10.3. The Labute approximate surface area is 83.5 Å². The van der Waals surface area contributed by atoms with Gasteiger partial charge in [-0.1, -0.05) is 13.0 Å². The third-order valence-corrected chi connectivity index (χ3v) is 2.75. The first-order valence-electron chi connectivity index (χ1n) is 4.75. The van der Waals surface area contributed by atoms with E-state index in [1.54, 1.807) is 11.9 Å². The van der Waals surface area contributed by atoms with Crippen LogP contribution in [0.15, 0.2) is 18.2 Å². The van der Waals surface area contributed by atoms with Gasteiger partial charge in [-0.05, 0) is 24.1 Å². The number of carbonyl (C=O) groups excluding carboxylic acids is 1. The third-order valence-electron chi connectivity index (χ3n) is 2.75. The predicted molar refractivity (Wildman–Crippen MR) is 57.1 cm³/mol. The van der Waals surface area contributed by atoms with Crippen LogP contribution in [0.5, 0.6) is 0 Å². The van der Waals surface area contributed by atoms with Crippen LogP contribution in [0.4, 0.5) is 11.4 Å². The Balaban J connectivity index is 2.51. The van der Waals surface area contributed by atoms with Crippen molar-refractivity contribution >= 4 is 17.3 Å². The van der Waals surface area contributed by atoms with Gasteiger partial charge in [-0.15, -0.1) is 0 Å². The Bertz CT molecular complexity index is 387. The maximum atomic E-state index is 11.7. The lowest BCUT2D eigenvalue weighted by molar-refractivity contribution is -0.121. The molecule has 14 heavy (non-hydrogen) atoms. The molecule has 2 rings (SSSR count). The molecule has 0 bridgehead atoms. The summed E-state index contributed by atoms with van der Waals surface area (Å²) >= 11 is 0. The molecule has 1 aliphatic heterocycles. The molecule has 0 saturated heterocycles. The summed E-state index contributed by atoms with van der Waals surface area (Å²) in [5.74, 6) is 0.249. The number of carbonyl (C=O) groups is 1. The van der Waals surface area contributed by atoms with Crippen LogP contribution in [0.1, 0.15) is 12.5 Å². The molecule has 0 spiro atoms. The molecule has 1 atom stereocenters. The van der Waals surface area contributed by atoms with E-state index in [4.69, 9.17) is 5.73 Å². The standard InChI is InChI=1S/C11H14N2O/c1-7-5-8-3-4-9(12)6-10(8)13(2)11(7)14/h3-4,6-7H,5,12H2,1-2H3. The van der Waals surface area contributed by atoms with Gasteiger partial charge >= 0.3 is 0 Å². The minimum atomic E-state index is 0.0797. The molecule has 3 nitrogen and oxygen atoms in total. The summed E-state index contributed by atoms with van der Waals surface area (Å²) in [4.78, 5) is 13.4. The molecule has 2 N–H and O–H groups in total. The van der Waals surface area contributed by atoms with E-state index in [0.717, 1.165) is 12.1 Å². The van der Waals surface area contributed by atoms with E-state index in [0.29, 0.717) is 5.69 Å². The lowest BCUT2D eigenvalue weighted by atomic mass is 9.93. The fourth-order valence-corrected chi connectivity index (χ4v) is 1.93. The topological polar surface area (TPSA) is 46.3 Å². The van der Waals surface area contributed by atoms with Gasteiger partial charge in [0.15, 0.2) is 0 Å². The van der Waals surface area contributed by atoms with Gasteiger partial charge in [-0.25, -0.2) is 0 Å². The minimum Gasteiger partial charge on any atom is -0.399 e. The molecule has 1 amide bonds. The smallest absolute Gasteiger partial charge is 0.229 e. The zero-order valence-corrected chi connectivity index (χ0v) is 8.45. The quantitative estimate of drug-likeness (QED) is 0.629. The van der Waals surface area contributed by atoms with Crippen molar-refractivity contribution in [1.82, 2.24) is 0 Å². The highest BCUT2D eigenvalue weighted by Crippen LogP contribution is 2.30. The van der Waals surface area contributed by atoms with Crippen LogP contribution in [0.25, 0.3) is 0 Å². The second-order valence-electron chi connectivity index (χ2n) is 3.89. The van der Waals surface area contributed by atoms with E-state index in [1.165, 1.54) is 5.56 Å². The number of nitrogen functional groups attached to an aromatic ring is 1. The van der Waals surface area contributed by atoms with Crippen molar-refractivity contribution in [3.05, 3.63) is 23.8 Å². The first kappa shape index (κ1) is 9.06. The summed E-state index contributed by atoms with van der Waals surface area (Å²) in [6, 6.07) is 5.75. The summed E-state index contributed by atoms with van der Waals surface area (Å²) in [5.41, 5.74) is 8.55. The molecule has 1 aromatic rings. The van der Waals surface area contributed by atoms with Gasteiger partial charge in [0.2, 0.25) is 5.91 Å². The summed E-state index contributed by atoms with van der Waals surface area (Å²) in [6.07, 6.45) is 0.818. The van der Waals surface area contributed by atoms with Crippen molar-refractivity contribution in [3.8, 4) is 0 Å². The highest BCUT2D eigenvalue weighted by molar-refractivity contribution is 5.97. The zero-order valence-electron chi connectivity index (χ0n) is 8.45. The van der Waals surface area contributed by atoms with Crippen molar-refractivity contribution in [2.24, 2.45) is 5.92 Å². The molecule has 0 radical (unpaired) electrons. The molecular weight excluding hydrogens is 176 g/mol. The first-order valence-corrected chi connectivity index (χ1v) is 4.75. The maximum absolute atomic E-state index is 11.7. The average Bonchev–Trinajstić information content (AvgIpc) is 2.16. The fraction of sp³-hybridized carbons (Fsp3) is 0.364. The van der Waals surface area contributed by atoms with Crippen molar-refractivity contribution in [1.29, 1.82) is 0 Å². The predicted octanol–water partition coefficient (Wildman–Crippen LogP) is 1.42. The van der Waals surface area contributed by atoms with Gasteiger partial charge in [0.05, 0.1) is 0 Å². The Kier molecular flexibility index (Phi) is 1.95. The molecule has 74 valence electrons.